The predicted octanol–water partition coefficient (Wildman–Crippen LogP) is 3.51. The molecule has 0 saturated carbocycles. The number of carbonyl (C=O) groups excluding carboxylic acids is 2. The molecule has 0 N–H and O–H groups in total. The topological polar surface area (TPSA) is 49.9 Å². The Bertz CT molecular complexity index is 835. The van der Waals surface area contributed by atoms with E-state index in [2.05, 4.69) is 33.0 Å². The van der Waals surface area contributed by atoms with Gasteiger partial charge in [-0.15, -0.1) is 0 Å². The van der Waals surface area contributed by atoms with Crippen LogP contribution in [0, 0.1) is 0 Å². The van der Waals surface area contributed by atoms with Gasteiger partial charge in [-0.2, -0.15) is 0 Å². The Kier molecular flexibility index (Phi) is 5.38. The van der Waals surface area contributed by atoms with Gasteiger partial charge in [0.15, 0.2) is 0 Å². The zero-order valence-corrected chi connectivity index (χ0v) is 16.5. The van der Waals surface area contributed by atoms with Gasteiger partial charge in [-0.1, -0.05) is 40.2 Å². The fourth-order valence-electron chi connectivity index (χ4n) is 3.71. The van der Waals surface area contributed by atoms with Crippen molar-refractivity contribution in [1.82, 2.24) is 9.80 Å². The average Bonchev–Trinajstić information content (AvgIpc) is 2.93. The summed E-state index contributed by atoms with van der Waals surface area (Å²) in [5.41, 5.74) is 2.20. The van der Waals surface area contributed by atoms with Crippen molar-refractivity contribution in [2.45, 2.75) is 12.5 Å². The third kappa shape index (κ3) is 3.83. The molecule has 2 amide bonds. The van der Waals surface area contributed by atoms with E-state index >= 15 is 0 Å². The number of nitrogens with zero attached hydrogens (tertiary/aromatic N) is 2. The van der Waals surface area contributed by atoms with Crippen LogP contribution in [0.15, 0.2) is 53.0 Å². The van der Waals surface area contributed by atoms with E-state index < -0.39 is 0 Å². The first-order chi connectivity index (χ1) is 13.1. The van der Waals surface area contributed by atoms with E-state index in [0.717, 1.165) is 36.1 Å². The van der Waals surface area contributed by atoms with Crippen LogP contribution in [0.5, 0.6) is 0 Å². The zero-order chi connectivity index (χ0) is 18.8. The molecule has 0 radical (unpaired) electrons. The maximum atomic E-state index is 12.4. The average molecular weight is 429 g/mol. The molecule has 1 saturated heterocycles. The van der Waals surface area contributed by atoms with Gasteiger partial charge >= 0.3 is 0 Å². The lowest BCUT2D eigenvalue weighted by atomic mass is 10.1. The number of hydrogen-bond donors (Lipinski definition) is 0. The molecule has 1 atom stereocenters. The number of fused-ring (bicyclic) bond motifs is 1. The summed E-state index contributed by atoms with van der Waals surface area (Å²) in [6, 6.07) is 15.2. The van der Waals surface area contributed by atoms with Crippen LogP contribution in [0.1, 0.15) is 38.8 Å². The third-order valence-electron chi connectivity index (χ3n) is 5.11. The van der Waals surface area contributed by atoms with E-state index in [4.69, 9.17) is 4.74 Å². The number of ether oxygens (including phenoxy) is 1. The monoisotopic (exact) mass is 428 g/mol. The number of benzene rings is 2. The van der Waals surface area contributed by atoms with Crippen molar-refractivity contribution < 1.29 is 14.3 Å². The van der Waals surface area contributed by atoms with E-state index in [1.165, 1.54) is 4.90 Å². The Labute approximate surface area is 167 Å². The molecule has 2 heterocycles. The van der Waals surface area contributed by atoms with Crippen LogP contribution in [-0.4, -0.2) is 54.4 Å². The van der Waals surface area contributed by atoms with Crippen LogP contribution in [0.2, 0.25) is 0 Å². The highest BCUT2D eigenvalue weighted by Crippen LogP contribution is 2.25. The number of morpholine rings is 1. The Hall–Kier alpha value is -2.02. The van der Waals surface area contributed by atoms with Crippen LogP contribution < -0.4 is 0 Å². The van der Waals surface area contributed by atoms with E-state index in [9.17, 15) is 9.59 Å². The summed E-state index contributed by atoms with van der Waals surface area (Å²) in [6.45, 7) is 3.65. The molecule has 4 rings (SSSR count). The van der Waals surface area contributed by atoms with Gasteiger partial charge in [0.2, 0.25) is 0 Å². The molecule has 140 valence electrons. The Morgan fingerprint density at radius 2 is 1.74 bits per heavy atom. The Morgan fingerprint density at radius 3 is 2.44 bits per heavy atom. The van der Waals surface area contributed by atoms with Gasteiger partial charge < -0.3 is 4.74 Å². The van der Waals surface area contributed by atoms with Crippen molar-refractivity contribution in [3.8, 4) is 0 Å². The maximum absolute atomic E-state index is 12.4. The first-order valence-corrected chi connectivity index (χ1v) is 9.97. The predicted molar refractivity (Wildman–Crippen MR) is 106 cm³/mol. The first kappa shape index (κ1) is 18.3. The highest BCUT2D eigenvalue weighted by atomic mass is 79.9. The largest absolute Gasteiger partial charge is 0.371 e. The van der Waals surface area contributed by atoms with Gasteiger partial charge in [-0.05, 0) is 36.2 Å². The SMILES string of the molecule is O=C1c2ccccc2C(=O)N1CCCN1CCOC(c2cccc(Br)c2)C1. The van der Waals surface area contributed by atoms with Crippen molar-refractivity contribution in [2.24, 2.45) is 0 Å². The van der Waals surface area contributed by atoms with Crippen LogP contribution in [0.4, 0.5) is 0 Å². The zero-order valence-electron chi connectivity index (χ0n) is 14.9. The van der Waals surface area contributed by atoms with Crippen molar-refractivity contribution in [2.75, 3.05) is 32.8 Å². The molecule has 5 nitrogen and oxygen atoms in total. The summed E-state index contributed by atoms with van der Waals surface area (Å²) < 4.78 is 6.97. The normalized spacial score (nSPS) is 20.2. The summed E-state index contributed by atoms with van der Waals surface area (Å²) in [5.74, 6) is -0.353. The number of imide groups is 1. The molecule has 2 aliphatic rings. The fraction of sp³-hybridized carbons (Fsp3) is 0.333. The molecular weight excluding hydrogens is 408 g/mol. The van der Waals surface area contributed by atoms with Gasteiger partial charge in [-0.3, -0.25) is 19.4 Å². The van der Waals surface area contributed by atoms with Crippen molar-refractivity contribution >= 4 is 27.7 Å². The Morgan fingerprint density at radius 1 is 1.00 bits per heavy atom. The lowest BCUT2D eigenvalue weighted by Crippen LogP contribution is -2.40. The second-order valence-corrected chi connectivity index (χ2v) is 7.79. The summed E-state index contributed by atoms with van der Waals surface area (Å²) >= 11 is 3.51. The minimum absolute atomic E-state index is 0.0514. The van der Waals surface area contributed by atoms with Gasteiger partial charge in [0.05, 0.1) is 23.8 Å². The quantitative estimate of drug-likeness (QED) is 0.683. The van der Waals surface area contributed by atoms with E-state index in [1.54, 1.807) is 24.3 Å². The number of carbonyl (C=O) groups is 2. The molecule has 0 bridgehead atoms. The summed E-state index contributed by atoms with van der Waals surface area (Å²) in [5, 5.41) is 0. The number of halogens is 1. The molecule has 2 aromatic rings. The first-order valence-electron chi connectivity index (χ1n) is 9.18. The summed E-state index contributed by atoms with van der Waals surface area (Å²) in [4.78, 5) is 28.6. The molecule has 27 heavy (non-hydrogen) atoms. The lowest BCUT2D eigenvalue weighted by Gasteiger charge is -2.33. The number of amides is 2. The molecule has 2 aliphatic heterocycles. The van der Waals surface area contributed by atoms with E-state index in [-0.39, 0.29) is 17.9 Å². The van der Waals surface area contributed by atoms with Crippen molar-refractivity contribution in [3.63, 3.8) is 0 Å². The maximum Gasteiger partial charge on any atom is 0.261 e. The molecule has 2 aromatic carbocycles. The molecule has 0 spiro atoms. The molecule has 1 unspecified atom stereocenters. The highest BCUT2D eigenvalue weighted by Gasteiger charge is 2.34. The van der Waals surface area contributed by atoms with Crippen molar-refractivity contribution in [3.05, 3.63) is 69.7 Å². The van der Waals surface area contributed by atoms with Crippen LogP contribution >= 0.6 is 15.9 Å². The summed E-state index contributed by atoms with van der Waals surface area (Å²) in [7, 11) is 0. The second kappa shape index (κ2) is 7.92. The van der Waals surface area contributed by atoms with Crippen molar-refractivity contribution in [1.29, 1.82) is 0 Å². The molecule has 6 heteroatoms. The number of rotatable bonds is 5. The van der Waals surface area contributed by atoms with Gasteiger partial charge in [-0.25, -0.2) is 0 Å². The Balaban J connectivity index is 1.32. The van der Waals surface area contributed by atoms with Gasteiger partial charge in [0, 0.05) is 30.7 Å². The molecule has 1 fully saturated rings. The summed E-state index contributed by atoms with van der Waals surface area (Å²) in [6.07, 6.45) is 0.812. The smallest absolute Gasteiger partial charge is 0.261 e. The molecule has 0 aromatic heterocycles. The second-order valence-electron chi connectivity index (χ2n) is 6.88. The minimum atomic E-state index is -0.176. The van der Waals surface area contributed by atoms with Crippen LogP contribution in [0.3, 0.4) is 0 Å². The third-order valence-corrected chi connectivity index (χ3v) is 5.60. The van der Waals surface area contributed by atoms with E-state index in [0.29, 0.717) is 24.3 Å². The van der Waals surface area contributed by atoms with Gasteiger partial charge in [0.25, 0.3) is 11.8 Å². The minimum Gasteiger partial charge on any atom is -0.371 e. The highest BCUT2D eigenvalue weighted by molar-refractivity contribution is 9.10. The van der Waals surface area contributed by atoms with Crippen LogP contribution in [-0.2, 0) is 4.74 Å². The molecular formula is C21H21BrN2O3. The molecule has 0 aliphatic carbocycles. The van der Waals surface area contributed by atoms with Gasteiger partial charge in [0.1, 0.15) is 0 Å². The lowest BCUT2D eigenvalue weighted by molar-refractivity contribution is -0.0306. The van der Waals surface area contributed by atoms with Crippen LogP contribution in [0.25, 0.3) is 0 Å². The van der Waals surface area contributed by atoms with E-state index in [1.807, 2.05) is 12.1 Å². The fourth-order valence-corrected chi connectivity index (χ4v) is 4.13. The standard InChI is InChI=1S/C21H21BrN2O3/c22-16-6-3-5-15(13-16)19-14-23(11-12-27-19)9-4-10-24-20(25)17-7-1-2-8-18(17)21(24)26/h1-3,5-8,13,19H,4,9-12,14H2. The number of hydrogen-bond acceptors (Lipinski definition) is 4.